The highest BCUT2D eigenvalue weighted by atomic mass is 32.2. The first-order chi connectivity index (χ1) is 6.74. The average molecular weight is 226 g/mol. The van der Waals surface area contributed by atoms with E-state index in [2.05, 4.69) is 6.07 Å². The number of thiophene rings is 1. The van der Waals surface area contributed by atoms with Crippen LogP contribution in [0.1, 0.15) is 22.8 Å². The van der Waals surface area contributed by atoms with Crippen LogP contribution in [0.5, 0.6) is 0 Å². The van der Waals surface area contributed by atoms with E-state index in [0.717, 1.165) is 9.96 Å². The summed E-state index contributed by atoms with van der Waals surface area (Å²) in [5.74, 6) is 0.728. The van der Waals surface area contributed by atoms with Gasteiger partial charge in [0.1, 0.15) is 6.07 Å². The van der Waals surface area contributed by atoms with Gasteiger partial charge >= 0.3 is 0 Å². The Balaban J connectivity index is 3.08. The van der Waals surface area contributed by atoms with E-state index >= 15 is 0 Å². The second-order valence-corrected chi connectivity index (χ2v) is 4.90. The van der Waals surface area contributed by atoms with Crippen LogP contribution in [0, 0.1) is 11.3 Å². The fourth-order valence-corrected chi connectivity index (χ4v) is 3.08. The standard InChI is InChI=1S/C9H10N2OS2/c1-2-13-9-6(3-10)7(5-14-9)8(12)4-11/h5H,2,4,11H2,1H3. The maximum atomic E-state index is 11.3. The minimum atomic E-state index is -0.166. The smallest absolute Gasteiger partial charge is 0.178 e. The van der Waals surface area contributed by atoms with E-state index in [-0.39, 0.29) is 12.3 Å². The molecular weight excluding hydrogens is 216 g/mol. The number of carbonyl (C=O) groups is 1. The van der Waals surface area contributed by atoms with Crippen molar-refractivity contribution in [2.24, 2.45) is 5.73 Å². The van der Waals surface area contributed by atoms with Crippen molar-refractivity contribution in [2.45, 2.75) is 11.1 Å². The topological polar surface area (TPSA) is 66.9 Å². The van der Waals surface area contributed by atoms with Crippen molar-refractivity contribution in [1.82, 2.24) is 0 Å². The molecule has 0 saturated heterocycles. The van der Waals surface area contributed by atoms with Crippen LogP contribution in [0.15, 0.2) is 9.59 Å². The lowest BCUT2D eigenvalue weighted by Gasteiger charge is -1.95. The van der Waals surface area contributed by atoms with E-state index in [4.69, 9.17) is 11.0 Å². The highest BCUT2D eigenvalue weighted by molar-refractivity contribution is 8.01. The molecule has 0 atom stereocenters. The Labute approximate surface area is 90.9 Å². The molecule has 74 valence electrons. The Kier molecular flexibility index (Phi) is 4.14. The predicted molar refractivity (Wildman–Crippen MR) is 58.8 cm³/mol. The molecule has 0 bridgehead atoms. The third-order valence-corrected chi connectivity index (χ3v) is 3.80. The van der Waals surface area contributed by atoms with Gasteiger partial charge in [-0.15, -0.1) is 23.1 Å². The molecule has 0 saturated carbocycles. The first-order valence-electron chi connectivity index (χ1n) is 4.12. The van der Waals surface area contributed by atoms with Gasteiger partial charge in [-0.1, -0.05) is 6.92 Å². The first kappa shape index (κ1) is 11.2. The Morgan fingerprint density at radius 1 is 1.79 bits per heavy atom. The number of hydrogen-bond donors (Lipinski definition) is 1. The summed E-state index contributed by atoms with van der Waals surface area (Å²) >= 11 is 3.01. The van der Waals surface area contributed by atoms with Crippen LogP contribution in [-0.2, 0) is 0 Å². The van der Waals surface area contributed by atoms with Crippen LogP contribution >= 0.6 is 23.1 Å². The van der Waals surface area contributed by atoms with Crippen LogP contribution < -0.4 is 5.73 Å². The zero-order valence-corrected chi connectivity index (χ0v) is 9.37. The molecule has 0 radical (unpaired) electrons. The number of rotatable bonds is 4. The number of ketones is 1. The molecule has 5 heteroatoms. The molecule has 1 heterocycles. The predicted octanol–water partition coefficient (Wildman–Crippen LogP) is 1.87. The van der Waals surface area contributed by atoms with Crippen LogP contribution in [0.25, 0.3) is 0 Å². The molecule has 0 unspecified atom stereocenters. The Morgan fingerprint density at radius 3 is 3.00 bits per heavy atom. The number of thioether (sulfide) groups is 1. The van der Waals surface area contributed by atoms with Gasteiger partial charge in [-0.3, -0.25) is 4.79 Å². The number of hydrogen-bond acceptors (Lipinski definition) is 5. The summed E-state index contributed by atoms with van der Waals surface area (Å²) in [6.07, 6.45) is 0. The first-order valence-corrected chi connectivity index (χ1v) is 5.98. The van der Waals surface area contributed by atoms with Gasteiger partial charge < -0.3 is 5.73 Å². The van der Waals surface area contributed by atoms with Crippen molar-refractivity contribution in [3.05, 3.63) is 16.5 Å². The molecule has 1 aromatic heterocycles. The number of carbonyl (C=O) groups excluding carboxylic acids is 1. The minimum absolute atomic E-state index is 0.0400. The maximum absolute atomic E-state index is 11.3. The van der Waals surface area contributed by atoms with Gasteiger partial charge in [-0.25, -0.2) is 0 Å². The Hall–Kier alpha value is -0.830. The van der Waals surface area contributed by atoms with E-state index < -0.39 is 0 Å². The normalized spacial score (nSPS) is 9.79. The molecule has 0 amide bonds. The lowest BCUT2D eigenvalue weighted by molar-refractivity contribution is 0.100. The SMILES string of the molecule is CCSc1scc(C(=O)CN)c1C#N. The summed E-state index contributed by atoms with van der Waals surface area (Å²) in [5.41, 5.74) is 6.20. The molecule has 2 N–H and O–H groups in total. The largest absolute Gasteiger partial charge is 0.324 e. The average Bonchev–Trinajstić information content (AvgIpc) is 2.60. The second kappa shape index (κ2) is 5.15. The van der Waals surface area contributed by atoms with Gasteiger partial charge in [-0.05, 0) is 5.75 Å². The molecule has 0 fully saturated rings. The third-order valence-electron chi connectivity index (χ3n) is 1.63. The van der Waals surface area contributed by atoms with E-state index in [1.165, 1.54) is 11.3 Å². The van der Waals surface area contributed by atoms with E-state index in [1.54, 1.807) is 17.1 Å². The summed E-state index contributed by atoms with van der Waals surface area (Å²) in [6, 6.07) is 2.06. The fourth-order valence-electron chi connectivity index (χ4n) is 0.999. The lowest BCUT2D eigenvalue weighted by atomic mass is 10.1. The molecule has 0 aliphatic rings. The van der Waals surface area contributed by atoms with E-state index in [9.17, 15) is 4.79 Å². The molecule has 0 aliphatic heterocycles. The summed E-state index contributed by atoms with van der Waals surface area (Å²) in [4.78, 5) is 11.3. The zero-order chi connectivity index (χ0) is 10.6. The lowest BCUT2D eigenvalue weighted by Crippen LogP contribution is -2.13. The molecule has 1 rings (SSSR count). The van der Waals surface area contributed by atoms with Gasteiger partial charge in [-0.2, -0.15) is 5.26 Å². The molecule has 3 nitrogen and oxygen atoms in total. The van der Waals surface area contributed by atoms with Crippen molar-refractivity contribution >= 4 is 28.9 Å². The molecule has 0 aliphatic carbocycles. The summed E-state index contributed by atoms with van der Waals surface area (Å²) in [5, 5.41) is 10.6. The van der Waals surface area contributed by atoms with Crippen LogP contribution in [-0.4, -0.2) is 18.1 Å². The second-order valence-electron chi connectivity index (χ2n) is 2.48. The van der Waals surface area contributed by atoms with Gasteiger partial charge in [0.2, 0.25) is 0 Å². The third kappa shape index (κ3) is 2.15. The quantitative estimate of drug-likeness (QED) is 0.628. The maximum Gasteiger partial charge on any atom is 0.178 e. The Bertz CT molecular complexity index is 379. The van der Waals surface area contributed by atoms with Crippen LogP contribution in [0.3, 0.4) is 0 Å². The number of nitrogens with two attached hydrogens (primary N) is 1. The van der Waals surface area contributed by atoms with Crippen molar-refractivity contribution in [3.63, 3.8) is 0 Å². The molecule has 14 heavy (non-hydrogen) atoms. The molecule has 0 spiro atoms. The van der Waals surface area contributed by atoms with Gasteiger partial charge in [0.15, 0.2) is 5.78 Å². The highest BCUT2D eigenvalue weighted by Crippen LogP contribution is 2.31. The van der Waals surface area contributed by atoms with Crippen molar-refractivity contribution in [1.29, 1.82) is 5.26 Å². The van der Waals surface area contributed by atoms with Crippen LogP contribution in [0.4, 0.5) is 0 Å². The van der Waals surface area contributed by atoms with Crippen molar-refractivity contribution < 1.29 is 4.79 Å². The summed E-state index contributed by atoms with van der Waals surface area (Å²) < 4.78 is 0.909. The monoisotopic (exact) mass is 226 g/mol. The molecule has 1 aromatic rings. The minimum Gasteiger partial charge on any atom is -0.324 e. The number of nitriles is 1. The zero-order valence-electron chi connectivity index (χ0n) is 7.74. The molecular formula is C9H10N2OS2. The van der Waals surface area contributed by atoms with Gasteiger partial charge in [0.25, 0.3) is 0 Å². The van der Waals surface area contributed by atoms with Crippen molar-refractivity contribution in [2.75, 3.05) is 12.3 Å². The van der Waals surface area contributed by atoms with Gasteiger partial charge in [0.05, 0.1) is 16.3 Å². The number of nitrogens with zero attached hydrogens (tertiary/aromatic N) is 1. The highest BCUT2D eigenvalue weighted by Gasteiger charge is 2.16. The molecule has 0 aromatic carbocycles. The summed E-state index contributed by atoms with van der Waals surface area (Å²) in [6.45, 7) is 1.97. The number of Topliss-reactive ketones (excluding diaryl/α,β-unsaturated/α-hetero) is 1. The Morgan fingerprint density at radius 2 is 2.50 bits per heavy atom. The fraction of sp³-hybridized carbons (Fsp3) is 0.333. The van der Waals surface area contributed by atoms with Gasteiger partial charge in [0, 0.05) is 10.9 Å². The van der Waals surface area contributed by atoms with Crippen LogP contribution in [0.2, 0.25) is 0 Å². The van der Waals surface area contributed by atoms with E-state index in [1.807, 2.05) is 6.92 Å². The summed E-state index contributed by atoms with van der Waals surface area (Å²) in [7, 11) is 0. The van der Waals surface area contributed by atoms with Crippen molar-refractivity contribution in [3.8, 4) is 6.07 Å². The van der Waals surface area contributed by atoms with E-state index in [0.29, 0.717) is 11.1 Å².